The number of carbonyl (C=O) groups excluding carboxylic acids is 1. The second kappa shape index (κ2) is 9.39. The number of aliphatic hydroxyl groups excluding tert-OH is 1. The van der Waals surface area contributed by atoms with Crippen LogP contribution in [-0.4, -0.2) is 62.9 Å². The van der Waals surface area contributed by atoms with Gasteiger partial charge in [-0.15, -0.1) is 0 Å². The number of benzene rings is 2. The summed E-state index contributed by atoms with van der Waals surface area (Å²) in [6.07, 6.45) is 1.42. The van der Waals surface area contributed by atoms with E-state index in [1.54, 1.807) is 0 Å². The third kappa shape index (κ3) is 6.28. The number of hydrogen-bond donors (Lipinski definition) is 2. The maximum absolute atomic E-state index is 11.9. The van der Waals surface area contributed by atoms with Gasteiger partial charge >= 0.3 is 0 Å². The molecule has 1 amide bonds. The van der Waals surface area contributed by atoms with Gasteiger partial charge in [0.25, 0.3) is 5.91 Å². The number of hydrogen-bond acceptors (Lipinski definition) is 6. The summed E-state index contributed by atoms with van der Waals surface area (Å²) in [4.78, 5) is 14.3. The second-order valence-corrected chi connectivity index (χ2v) is 9.26. The first-order valence-electron chi connectivity index (χ1n) is 9.48. The van der Waals surface area contributed by atoms with Crippen molar-refractivity contribution in [2.24, 2.45) is 0 Å². The van der Waals surface area contributed by atoms with E-state index in [4.69, 9.17) is 4.74 Å². The molecule has 156 valence electrons. The smallest absolute Gasteiger partial charge is 0.258 e. The Labute approximate surface area is 171 Å². The lowest BCUT2D eigenvalue weighted by atomic mass is 10.00. The predicted molar refractivity (Wildman–Crippen MR) is 109 cm³/mol. The van der Waals surface area contributed by atoms with Crippen molar-refractivity contribution in [3.05, 3.63) is 59.7 Å². The van der Waals surface area contributed by atoms with Crippen LogP contribution >= 0.6 is 0 Å². The molecule has 1 unspecified atom stereocenters. The molecule has 1 atom stereocenters. The van der Waals surface area contributed by atoms with Crippen molar-refractivity contribution in [3.8, 4) is 5.75 Å². The van der Waals surface area contributed by atoms with Gasteiger partial charge < -0.3 is 15.2 Å². The van der Waals surface area contributed by atoms with Crippen LogP contribution in [0.2, 0.25) is 0 Å². The molecule has 0 saturated heterocycles. The first-order chi connectivity index (χ1) is 13.8. The third-order valence-electron chi connectivity index (χ3n) is 4.84. The molecule has 0 bridgehead atoms. The summed E-state index contributed by atoms with van der Waals surface area (Å²) in [7, 11) is -3.26. The SMILES string of the molecule is CS(=O)(=O)c1ccc(OCC(=O)NCC(O)CN2CCc3ccccc3C2)cc1. The zero-order chi connectivity index (χ0) is 20.9. The maximum atomic E-state index is 11.9. The lowest BCUT2D eigenvalue weighted by Crippen LogP contribution is -2.42. The first-order valence-corrected chi connectivity index (χ1v) is 11.4. The zero-order valence-electron chi connectivity index (χ0n) is 16.4. The van der Waals surface area contributed by atoms with E-state index in [0.717, 1.165) is 25.8 Å². The number of amides is 1. The molecule has 0 aliphatic carbocycles. The third-order valence-corrected chi connectivity index (χ3v) is 5.96. The van der Waals surface area contributed by atoms with Gasteiger partial charge in [-0.3, -0.25) is 9.69 Å². The van der Waals surface area contributed by atoms with Crippen molar-refractivity contribution in [2.45, 2.75) is 24.0 Å². The van der Waals surface area contributed by atoms with Gasteiger partial charge in [0.15, 0.2) is 16.4 Å². The van der Waals surface area contributed by atoms with Gasteiger partial charge in [0, 0.05) is 32.4 Å². The molecule has 0 radical (unpaired) electrons. The molecule has 2 N–H and O–H groups in total. The molecule has 1 heterocycles. The maximum Gasteiger partial charge on any atom is 0.258 e. The van der Waals surface area contributed by atoms with E-state index in [2.05, 4.69) is 22.3 Å². The number of nitrogens with zero attached hydrogens (tertiary/aromatic N) is 1. The summed E-state index contributed by atoms with van der Waals surface area (Å²) >= 11 is 0. The molecular formula is C21H26N2O5S. The van der Waals surface area contributed by atoms with Crippen LogP contribution in [0.1, 0.15) is 11.1 Å². The van der Waals surface area contributed by atoms with Gasteiger partial charge in [-0.1, -0.05) is 24.3 Å². The number of β-amino-alcohol motifs (C(OH)–C–C–N with tert-alkyl or cyclic N) is 1. The van der Waals surface area contributed by atoms with Crippen molar-refractivity contribution in [3.63, 3.8) is 0 Å². The van der Waals surface area contributed by atoms with Crippen molar-refractivity contribution >= 4 is 15.7 Å². The number of rotatable bonds is 8. The van der Waals surface area contributed by atoms with Crippen molar-refractivity contribution in [2.75, 3.05) is 32.5 Å². The number of fused-ring (bicyclic) bond motifs is 1. The number of ether oxygens (including phenoxy) is 1. The van der Waals surface area contributed by atoms with Gasteiger partial charge in [-0.25, -0.2) is 8.42 Å². The van der Waals surface area contributed by atoms with E-state index >= 15 is 0 Å². The number of aliphatic hydroxyl groups is 1. The fourth-order valence-electron chi connectivity index (χ4n) is 3.29. The van der Waals surface area contributed by atoms with E-state index in [1.807, 2.05) is 12.1 Å². The molecule has 8 heteroatoms. The van der Waals surface area contributed by atoms with Crippen LogP contribution in [0.4, 0.5) is 0 Å². The molecule has 7 nitrogen and oxygen atoms in total. The lowest BCUT2D eigenvalue weighted by Gasteiger charge is -2.30. The topological polar surface area (TPSA) is 95.9 Å². The molecule has 0 spiro atoms. The molecule has 0 fully saturated rings. The zero-order valence-corrected chi connectivity index (χ0v) is 17.2. The summed E-state index contributed by atoms with van der Waals surface area (Å²) in [5, 5.41) is 12.9. The number of carbonyl (C=O) groups is 1. The summed E-state index contributed by atoms with van der Waals surface area (Å²) < 4.78 is 28.2. The minimum Gasteiger partial charge on any atom is -0.484 e. The number of nitrogens with one attached hydrogen (secondary N) is 1. The van der Waals surface area contributed by atoms with Crippen LogP contribution in [0, 0.1) is 0 Å². The Hall–Kier alpha value is -2.42. The minimum atomic E-state index is -3.26. The van der Waals surface area contributed by atoms with Gasteiger partial charge in [0.05, 0.1) is 11.0 Å². The van der Waals surface area contributed by atoms with Crippen LogP contribution < -0.4 is 10.1 Å². The molecular weight excluding hydrogens is 392 g/mol. The van der Waals surface area contributed by atoms with E-state index < -0.39 is 15.9 Å². The Morgan fingerprint density at radius 1 is 1.17 bits per heavy atom. The van der Waals surface area contributed by atoms with Crippen LogP contribution in [-0.2, 0) is 27.6 Å². The fourth-order valence-corrected chi connectivity index (χ4v) is 3.92. The average Bonchev–Trinajstić information content (AvgIpc) is 2.70. The van der Waals surface area contributed by atoms with E-state index in [-0.39, 0.29) is 24.0 Å². The molecule has 2 aromatic carbocycles. The summed E-state index contributed by atoms with van der Waals surface area (Å²) in [5.41, 5.74) is 2.64. The Bertz CT molecular complexity index is 944. The molecule has 1 aliphatic heterocycles. The van der Waals surface area contributed by atoms with E-state index in [1.165, 1.54) is 35.4 Å². The highest BCUT2D eigenvalue weighted by Gasteiger charge is 2.18. The van der Waals surface area contributed by atoms with E-state index in [9.17, 15) is 18.3 Å². The summed E-state index contributed by atoms with van der Waals surface area (Å²) in [5.74, 6) is 0.0558. The van der Waals surface area contributed by atoms with Crippen LogP contribution in [0.25, 0.3) is 0 Å². The van der Waals surface area contributed by atoms with Gasteiger partial charge in [0.2, 0.25) is 0 Å². The van der Waals surface area contributed by atoms with Gasteiger partial charge in [-0.2, -0.15) is 0 Å². The van der Waals surface area contributed by atoms with Gasteiger partial charge in [-0.05, 0) is 41.8 Å². The van der Waals surface area contributed by atoms with Crippen LogP contribution in [0.15, 0.2) is 53.4 Å². The average molecular weight is 419 g/mol. The highest BCUT2D eigenvalue weighted by atomic mass is 32.2. The molecule has 2 aromatic rings. The number of sulfone groups is 1. The Morgan fingerprint density at radius 3 is 2.55 bits per heavy atom. The van der Waals surface area contributed by atoms with Crippen molar-refractivity contribution < 1.29 is 23.1 Å². The molecule has 0 aromatic heterocycles. The lowest BCUT2D eigenvalue weighted by molar-refractivity contribution is -0.123. The Kier molecular flexibility index (Phi) is 6.89. The normalized spacial score (nSPS) is 15.4. The van der Waals surface area contributed by atoms with Gasteiger partial charge in [0.1, 0.15) is 5.75 Å². The second-order valence-electron chi connectivity index (χ2n) is 7.24. The Balaban J connectivity index is 1.38. The molecule has 3 rings (SSSR count). The van der Waals surface area contributed by atoms with Crippen LogP contribution in [0.5, 0.6) is 5.75 Å². The summed E-state index contributed by atoms with van der Waals surface area (Å²) in [6, 6.07) is 14.2. The van der Waals surface area contributed by atoms with E-state index in [0.29, 0.717) is 12.3 Å². The monoisotopic (exact) mass is 418 g/mol. The molecule has 1 aliphatic rings. The Morgan fingerprint density at radius 2 is 1.86 bits per heavy atom. The molecule has 29 heavy (non-hydrogen) atoms. The largest absolute Gasteiger partial charge is 0.484 e. The summed E-state index contributed by atoms with van der Waals surface area (Å²) in [6.45, 7) is 2.11. The predicted octanol–water partition coefficient (Wildman–Crippen LogP) is 1.00. The quantitative estimate of drug-likeness (QED) is 0.664. The minimum absolute atomic E-state index is 0.146. The fraction of sp³-hybridized carbons (Fsp3) is 0.381. The first kappa shape index (κ1) is 21.3. The highest BCUT2D eigenvalue weighted by Crippen LogP contribution is 2.18. The van der Waals surface area contributed by atoms with Crippen molar-refractivity contribution in [1.29, 1.82) is 0 Å². The standard InChI is InChI=1S/C21H26N2O5S/c1-29(26,27)20-8-6-19(7-9-20)28-15-21(25)22-12-18(24)14-23-11-10-16-4-2-3-5-17(16)13-23/h2-9,18,24H,10-15H2,1H3,(H,22,25). The molecule has 0 saturated carbocycles. The van der Waals surface area contributed by atoms with Crippen LogP contribution in [0.3, 0.4) is 0 Å². The van der Waals surface area contributed by atoms with Crippen molar-refractivity contribution in [1.82, 2.24) is 10.2 Å². The highest BCUT2D eigenvalue weighted by molar-refractivity contribution is 7.90.